The van der Waals surface area contributed by atoms with Crippen molar-refractivity contribution in [3.05, 3.63) is 24.0 Å². The third-order valence-corrected chi connectivity index (χ3v) is 4.56. The molecule has 3 rings (SSSR count). The summed E-state index contributed by atoms with van der Waals surface area (Å²) in [5.41, 5.74) is 6.68. The van der Waals surface area contributed by atoms with Gasteiger partial charge >= 0.3 is 0 Å². The standard InChI is InChI=1S/C15H22N4O2/c1-11-14(18-6-8-21-9-7-18)3-5-19(11)12-2-4-17-13(10-12)15(16)20/h2,4,10-11,14H,3,5-9H2,1H3,(H2,16,20)/t11-,14-/m1/s1. The Morgan fingerprint density at radius 3 is 2.86 bits per heavy atom. The van der Waals surface area contributed by atoms with Gasteiger partial charge in [0.15, 0.2) is 0 Å². The molecule has 2 N–H and O–H groups in total. The molecule has 0 aromatic carbocycles. The van der Waals surface area contributed by atoms with Crippen LogP contribution in [-0.2, 0) is 4.74 Å². The Labute approximate surface area is 124 Å². The van der Waals surface area contributed by atoms with Gasteiger partial charge in [0, 0.05) is 43.6 Å². The highest BCUT2D eigenvalue weighted by atomic mass is 16.5. The zero-order valence-corrected chi connectivity index (χ0v) is 12.4. The van der Waals surface area contributed by atoms with E-state index in [2.05, 4.69) is 21.7 Å². The number of aromatic nitrogens is 1. The molecule has 2 aliphatic rings. The normalized spacial score (nSPS) is 27.0. The Bertz CT molecular complexity index is 516. The summed E-state index contributed by atoms with van der Waals surface area (Å²) in [7, 11) is 0. The van der Waals surface area contributed by atoms with Crippen molar-refractivity contribution < 1.29 is 9.53 Å². The molecule has 3 heterocycles. The van der Waals surface area contributed by atoms with E-state index in [0.717, 1.165) is 45.0 Å². The number of hydrogen-bond donors (Lipinski definition) is 1. The molecule has 0 aliphatic carbocycles. The summed E-state index contributed by atoms with van der Waals surface area (Å²) in [5.74, 6) is -0.478. The quantitative estimate of drug-likeness (QED) is 0.876. The van der Waals surface area contributed by atoms with E-state index in [0.29, 0.717) is 17.8 Å². The molecule has 6 heteroatoms. The lowest BCUT2D eigenvalue weighted by atomic mass is 10.1. The van der Waals surface area contributed by atoms with Crippen LogP contribution in [0.3, 0.4) is 0 Å². The predicted octanol–water partition coefficient (Wildman–Crippen LogP) is 0.480. The van der Waals surface area contributed by atoms with Crippen molar-refractivity contribution in [1.29, 1.82) is 0 Å². The third-order valence-electron chi connectivity index (χ3n) is 4.56. The van der Waals surface area contributed by atoms with Gasteiger partial charge < -0.3 is 15.4 Å². The van der Waals surface area contributed by atoms with Gasteiger partial charge in [-0.2, -0.15) is 0 Å². The lowest BCUT2D eigenvalue weighted by molar-refractivity contribution is 0.0159. The minimum Gasteiger partial charge on any atom is -0.379 e. The molecule has 2 saturated heterocycles. The van der Waals surface area contributed by atoms with E-state index in [9.17, 15) is 4.79 Å². The number of nitrogens with zero attached hydrogens (tertiary/aromatic N) is 3. The van der Waals surface area contributed by atoms with E-state index in [-0.39, 0.29) is 0 Å². The third kappa shape index (κ3) is 2.87. The first kappa shape index (κ1) is 14.3. The average Bonchev–Trinajstić information content (AvgIpc) is 2.90. The highest BCUT2D eigenvalue weighted by Gasteiger charge is 2.35. The zero-order valence-electron chi connectivity index (χ0n) is 12.4. The number of nitrogens with two attached hydrogens (primary N) is 1. The zero-order chi connectivity index (χ0) is 14.8. The second-order valence-electron chi connectivity index (χ2n) is 5.70. The molecule has 114 valence electrons. The largest absolute Gasteiger partial charge is 0.379 e. The fraction of sp³-hybridized carbons (Fsp3) is 0.600. The van der Waals surface area contributed by atoms with Crippen molar-refractivity contribution in [2.75, 3.05) is 37.7 Å². The number of carbonyl (C=O) groups is 1. The van der Waals surface area contributed by atoms with Crippen molar-refractivity contribution >= 4 is 11.6 Å². The fourth-order valence-corrected chi connectivity index (χ4v) is 3.42. The number of ether oxygens (including phenoxy) is 1. The van der Waals surface area contributed by atoms with Crippen molar-refractivity contribution in [3.63, 3.8) is 0 Å². The van der Waals surface area contributed by atoms with Gasteiger partial charge in [-0.15, -0.1) is 0 Å². The SMILES string of the molecule is C[C@@H]1[C@H](N2CCOCC2)CCN1c1ccnc(C(N)=O)c1. The number of primary amides is 1. The summed E-state index contributed by atoms with van der Waals surface area (Å²) in [5, 5.41) is 0. The van der Waals surface area contributed by atoms with Gasteiger partial charge in [0.1, 0.15) is 5.69 Å². The molecule has 6 nitrogen and oxygen atoms in total. The maximum atomic E-state index is 11.3. The van der Waals surface area contributed by atoms with Crippen LogP contribution in [0.1, 0.15) is 23.8 Å². The predicted molar refractivity (Wildman–Crippen MR) is 80.4 cm³/mol. The topological polar surface area (TPSA) is 71.7 Å². The Balaban J connectivity index is 1.75. The molecule has 0 spiro atoms. The first-order valence-corrected chi connectivity index (χ1v) is 7.51. The highest BCUT2D eigenvalue weighted by molar-refractivity contribution is 5.91. The summed E-state index contributed by atoms with van der Waals surface area (Å²) in [4.78, 5) is 20.2. The Morgan fingerprint density at radius 2 is 2.14 bits per heavy atom. The van der Waals surface area contributed by atoms with Gasteiger partial charge in [0.25, 0.3) is 5.91 Å². The molecule has 1 amide bonds. The number of carbonyl (C=O) groups excluding carboxylic acids is 1. The summed E-state index contributed by atoms with van der Waals surface area (Å²) in [6.07, 6.45) is 2.79. The summed E-state index contributed by atoms with van der Waals surface area (Å²) in [6.45, 7) is 6.90. The first-order chi connectivity index (χ1) is 10.2. The maximum absolute atomic E-state index is 11.3. The van der Waals surface area contributed by atoms with Crippen LogP contribution in [0, 0.1) is 0 Å². The molecule has 0 bridgehead atoms. The van der Waals surface area contributed by atoms with Crippen molar-refractivity contribution in [1.82, 2.24) is 9.88 Å². The van der Waals surface area contributed by atoms with E-state index in [1.807, 2.05) is 6.07 Å². The van der Waals surface area contributed by atoms with E-state index < -0.39 is 5.91 Å². The number of anilines is 1. The molecule has 1 aromatic rings. The number of morpholine rings is 1. The monoisotopic (exact) mass is 290 g/mol. The fourth-order valence-electron chi connectivity index (χ4n) is 3.42. The van der Waals surface area contributed by atoms with E-state index in [4.69, 9.17) is 10.5 Å². The van der Waals surface area contributed by atoms with E-state index in [1.165, 1.54) is 0 Å². The molecule has 0 unspecified atom stereocenters. The molecule has 0 saturated carbocycles. The number of rotatable bonds is 3. The lowest BCUT2D eigenvalue weighted by Gasteiger charge is -2.36. The van der Waals surface area contributed by atoms with Gasteiger partial charge in [-0.3, -0.25) is 14.7 Å². The van der Waals surface area contributed by atoms with Gasteiger partial charge in [0.05, 0.1) is 13.2 Å². The van der Waals surface area contributed by atoms with Crippen LogP contribution in [0.15, 0.2) is 18.3 Å². The molecule has 0 radical (unpaired) electrons. The lowest BCUT2D eigenvalue weighted by Crippen LogP contribution is -2.48. The number of amides is 1. The molecular formula is C15H22N4O2. The van der Waals surface area contributed by atoms with E-state index >= 15 is 0 Å². The van der Waals surface area contributed by atoms with Gasteiger partial charge in [0.2, 0.25) is 0 Å². The van der Waals surface area contributed by atoms with Crippen LogP contribution in [0.2, 0.25) is 0 Å². The Morgan fingerprint density at radius 1 is 1.38 bits per heavy atom. The smallest absolute Gasteiger partial charge is 0.267 e. The van der Waals surface area contributed by atoms with Crippen LogP contribution in [0.25, 0.3) is 0 Å². The summed E-state index contributed by atoms with van der Waals surface area (Å²) < 4.78 is 5.43. The maximum Gasteiger partial charge on any atom is 0.267 e. The molecule has 2 aliphatic heterocycles. The second kappa shape index (κ2) is 5.99. The van der Waals surface area contributed by atoms with E-state index in [1.54, 1.807) is 12.3 Å². The number of pyridine rings is 1. The van der Waals surface area contributed by atoms with Crippen LogP contribution >= 0.6 is 0 Å². The molecular weight excluding hydrogens is 268 g/mol. The Kier molecular flexibility index (Phi) is 4.07. The first-order valence-electron chi connectivity index (χ1n) is 7.51. The van der Waals surface area contributed by atoms with Crippen LogP contribution < -0.4 is 10.6 Å². The van der Waals surface area contributed by atoms with Crippen molar-refractivity contribution in [2.24, 2.45) is 5.73 Å². The van der Waals surface area contributed by atoms with Crippen molar-refractivity contribution in [2.45, 2.75) is 25.4 Å². The van der Waals surface area contributed by atoms with Crippen molar-refractivity contribution in [3.8, 4) is 0 Å². The van der Waals surface area contributed by atoms with Crippen LogP contribution in [-0.4, -0.2) is 60.7 Å². The molecule has 21 heavy (non-hydrogen) atoms. The molecule has 1 aromatic heterocycles. The average molecular weight is 290 g/mol. The minimum atomic E-state index is -0.478. The van der Waals surface area contributed by atoms with Crippen LogP contribution in [0.4, 0.5) is 5.69 Å². The summed E-state index contributed by atoms with van der Waals surface area (Å²) in [6, 6.07) is 4.69. The molecule has 2 fully saturated rings. The highest BCUT2D eigenvalue weighted by Crippen LogP contribution is 2.29. The molecule has 2 atom stereocenters. The Hall–Kier alpha value is -1.66. The van der Waals surface area contributed by atoms with Gasteiger partial charge in [-0.1, -0.05) is 0 Å². The van der Waals surface area contributed by atoms with Gasteiger partial charge in [-0.05, 0) is 25.5 Å². The van der Waals surface area contributed by atoms with Gasteiger partial charge in [-0.25, -0.2) is 0 Å². The minimum absolute atomic E-state index is 0.328. The number of hydrogen-bond acceptors (Lipinski definition) is 5. The van der Waals surface area contributed by atoms with Crippen LogP contribution in [0.5, 0.6) is 0 Å². The summed E-state index contributed by atoms with van der Waals surface area (Å²) >= 11 is 0. The second-order valence-corrected chi connectivity index (χ2v) is 5.70.